The second kappa shape index (κ2) is 16.8. The van der Waals surface area contributed by atoms with Crippen molar-refractivity contribution in [3.05, 3.63) is 77.9 Å². The van der Waals surface area contributed by atoms with Crippen LogP contribution in [0.3, 0.4) is 0 Å². The number of nitrogens with zero attached hydrogens (tertiary/aromatic N) is 1. The number of hydrogen-bond donors (Lipinski definition) is 2. The van der Waals surface area contributed by atoms with E-state index >= 15 is 0 Å². The molecule has 0 radical (unpaired) electrons. The van der Waals surface area contributed by atoms with E-state index in [1.807, 2.05) is 36.4 Å². The third kappa shape index (κ3) is 10.7. The second-order valence-corrected chi connectivity index (χ2v) is 9.63. The smallest absolute Gasteiger partial charge is 0.344 e. The molecule has 2 N–H and O–H groups in total. The van der Waals surface area contributed by atoms with E-state index in [9.17, 15) is 14.4 Å². The molecule has 3 rings (SSSR count). The lowest BCUT2D eigenvalue weighted by atomic mass is 10.0. The summed E-state index contributed by atoms with van der Waals surface area (Å²) in [6.45, 7) is 2.11. The number of carbonyl (C=O) groups excluding carboxylic acids is 3. The maximum Gasteiger partial charge on any atom is 0.344 e. The number of unbranched alkanes of at least 4 members (excludes halogenated alkanes) is 8. The van der Waals surface area contributed by atoms with Crippen LogP contribution < -0.4 is 15.5 Å². The molecule has 2 amide bonds. The molecule has 0 saturated heterocycles. The van der Waals surface area contributed by atoms with E-state index in [0.29, 0.717) is 17.7 Å². The molecule has 7 nitrogen and oxygen atoms in total. The lowest BCUT2D eigenvalue weighted by Crippen LogP contribution is -2.34. The Morgan fingerprint density at radius 3 is 2.18 bits per heavy atom. The van der Waals surface area contributed by atoms with Crippen LogP contribution in [-0.4, -0.2) is 30.5 Å². The number of benzene rings is 3. The van der Waals surface area contributed by atoms with Gasteiger partial charge in [0, 0.05) is 6.42 Å². The fourth-order valence-electron chi connectivity index (χ4n) is 4.27. The van der Waals surface area contributed by atoms with Gasteiger partial charge in [-0.1, -0.05) is 94.7 Å². The fraction of sp³-hybridized carbons (Fsp3) is 0.375. The average Bonchev–Trinajstić information content (AvgIpc) is 2.95. The van der Waals surface area contributed by atoms with Crippen molar-refractivity contribution in [1.29, 1.82) is 0 Å². The van der Waals surface area contributed by atoms with Gasteiger partial charge in [-0.05, 0) is 53.1 Å². The summed E-state index contributed by atoms with van der Waals surface area (Å²) in [5.74, 6) is -0.540. The topological polar surface area (TPSA) is 96.9 Å². The Labute approximate surface area is 231 Å². The number of hydrogen-bond acceptors (Lipinski definition) is 5. The number of esters is 1. The number of nitrogens with one attached hydrogen (secondary N) is 2. The molecule has 0 aliphatic heterocycles. The summed E-state index contributed by atoms with van der Waals surface area (Å²) in [7, 11) is 0. The van der Waals surface area contributed by atoms with E-state index in [1.54, 1.807) is 30.3 Å². The summed E-state index contributed by atoms with van der Waals surface area (Å²) in [4.78, 5) is 36.6. The molecule has 206 valence electrons. The van der Waals surface area contributed by atoms with Gasteiger partial charge in [-0.25, -0.2) is 10.2 Å². The van der Waals surface area contributed by atoms with Crippen molar-refractivity contribution in [2.75, 3.05) is 6.54 Å². The Hall–Kier alpha value is -4.00. The fourth-order valence-corrected chi connectivity index (χ4v) is 4.27. The van der Waals surface area contributed by atoms with E-state index in [1.165, 1.54) is 44.7 Å². The Balaban J connectivity index is 1.31. The zero-order chi connectivity index (χ0) is 27.7. The van der Waals surface area contributed by atoms with Gasteiger partial charge < -0.3 is 10.1 Å². The SMILES string of the molecule is CCCCCCCCCCCC(=O)NCC(=O)NN=Cc1ccc(OC(=O)c2cccc3ccccc23)cc1. The minimum Gasteiger partial charge on any atom is -0.423 e. The van der Waals surface area contributed by atoms with Crippen LogP contribution in [0.5, 0.6) is 5.75 Å². The quantitative estimate of drug-likeness (QED) is 0.0723. The summed E-state index contributed by atoms with van der Waals surface area (Å²) in [6.07, 6.45) is 12.7. The van der Waals surface area contributed by atoms with Gasteiger partial charge in [0.05, 0.1) is 18.3 Å². The van der Waals surface area contributed by atoms with Gasteiger partial charge in [0.1, 0.15) is 5.75 Å². The predicted molar refractivity (Wildman–Crippen MR) is 156 cm³/mol. The van der Waals surface area contributed by atoms with Crippen LogP contribution in [0.15, 0.2) is 71.8 Å². The molecule has 0 saturated carbocycles. The van der Waals surface area contributed by atoms with E-state index in [0.717, 1.165) is 35.6 Å². The lowest BCUT2D eigenvalue weighted by Gasteiger charge is -2.07. The molecule has 0 aliphatic carbocycles. The zero-order valence-corrected chi connectivity index (χ0v) is 22.8. The van der Waals surface area contributed by atoms with Gasteiger partial charge in [-0.15, -0.1) is 0 Å². The normalized spacial score (nSPS) is 11.0. The van der Waals surface area contributed by atoms with Crippen LogP contribution in [0.1, 0.15) is 87.1 Å². The third-order valence-corrected chi connectivity index (χ3v) is 6.46. The number of ether oxygens (including phenoxy) is 1. The van der Waals surface area contributed by atoms with Crippen LogP contribution in [-0.2, 0) is 9.59 Å². The summed E-state index contributed by atoms with van der Waals surface area (Å²) in [6, 6.07) is 20.0. The number of rotatable bonds is 16. The van der Waals surface area contributed by atoms with Crippen LogP contribution in [0.2, 0.25) is 0 Å². The first-order valence-electron chi connectivity index (χ1n) is 14.0. The van der Waals surface area contributed by atoms with Gasteiger partial charge >= 0.3 is 5.97 Å². The molecule has 3 aromatic rings. The maximum absolute atomic E-state index is 12.7. The molecule has 0 fully saturated rings. The summed E-state index contributed by atoms with van der Waals surface area (Å²) < 4.78 is 5.53. The molecule has 0 spiro atoms. The van der Waals surface area contributed by atoms with E-state index in [-0.39, 0.29) is 12.5 Å². The minimum atomic E-state index is -0.430. The van der Waals surface area contributed by atoms with Crippen LogP contribution in [0.4, 0.5) is 0 Å². The highest BCUT2D eigenvalue weighted by Gasteiger charge is 2.12. The van der Waals surface area contributed by atoms with Gasteiger partial charge in [0.15, 0.2) is 0 Å². The molecule has 0 atom stereocenters. The molecule has 3 aromatic carbocycles. The van der Waals surface area contributed by atoms with Crippen molar-refractivity contribution >= 4 is 34.8 Å². The van der Waals surface area contributed by atoms with Crippen molar-refractivity contribution in [3.8, 4) is 5.75 Å². The number of hydrazone groups is 1. The largest absolute Gasteiger partial charge is 0.423 e. The Bertz CT molecular complexity index is 1230. The first-order chi connectivity index (χ1) is 19.1. The predicted octanol–water partition coefficient (Wildman–Crippen LogP) is 6.55. The van der Waals surface area contributed by atoms with Crippen LogP contribution in [0.25, 0.3) is 10.8 Å². The molecule has 0 bridgehead atoms. The lowest BCUT2D eigenvalue weighted by molar-refractivity contribution is -0.126. The Kier molecular flexibility index (Phi) is 12.7. The van der Waals surface area contributed by atoms with Crippen LogP contribution >= 0.6 is 0 Å². The monoisotopic (exact) mass is 529 g/mol. The standard InChI is InChI=1S/C32H39N3O4/c1-2-3-4-5-6-7-8-9-10-18-30(36)33-24-31(37)35-34-23-25-19-21-27(22-20-25)39-32(38)29-17-13-15-26-14-11-12-16-28(26)29/h11-17,19-23H,2-10,18,24H2,1H3,(H,33,36)(H,35,37). The van der Waals surface area contributed by atoms with Crippen molar-refractivity contribution in [2.45, 2.75) is 71.1 Å². The highest BCUT2D eigenvalue weighted by molar-refractivity contribution is 6.05. The van der Waals surface area contributed by atoms with Gasteiger partial charge in [0.25, 0.3) is 5.91 Å². The molecule has 0 heterocycles. The van der Waals surface area contributed by atoms with E-state index < -0.39 is 11.9 Å². The van der Waals surface area contributed by atoms with Crippen LogP contribution in [0, 0.1) is 0 Å². The highest BCUT2D eigenvalue weighted by atomic mass is 16.5. The molecular weight excluding hydrogens is 490 g/mol. The van der Waals surface area contributed by atoms with Crippen molar-refractivity contribution in [1.82, 2.24) is 10.7 Å². The maximum atomic E-state index is 12.7. The minimum absolute atomic E-state index is 0.114. The number of amides is 2. The highest BCUT2D eigenvalue weighted by Crippen LogP contribution is 2.21. The second-order valence-electron chi connectivity index (χ2n) is 9.63. The average molecular weight is 530 g/mol. The van der Waals surface area contributed by atoms with Crippen molar-refractivity contribution in [3.63, 3.8) is 0 Å². The van der Waals surface area contributed by atoms with Gasteiger partial charge in [0.2, 0.25) is 5.91 Å². The molecule has 7 heteroatoms. The summed E-state index contributed by atoms with van der Waals surface area (Å²) in [5, 5.41) is 8.37. The first kappa shape index (κ1) is 29.6. The Morgan fingerprint density at radius 1 is 0.769 bits per heavy atom. The molecule has 0 aliphatic rings. The molecule has 0 aromatic heterocycles. The molecular formula is C32H39N3O4. The molecule has 0 unspecified atom stereocenters. The summed E-state index contributed by atoms with van der Waals surface area (Å²) in [5.41, 5.74) is 3.63. The molecule has 39 heavy (non-hydrogen) atoms. The van der Waals surface area contributed by atoms with E-state index in [4.69, 9.17) is 4.74 Å². The van der Waals surface area contributed by atoms with Crippen molar-refractivity contribution < 1.29 is 19.1 Å². The summed E-state index contributed by atoms with van der Waals surface area (Å²) >= 11 is 0. The van der Waals surface area contributed by atoms with Gasteiger partial charge in [-0.2, -0.15) is 5.10 Å². The van der Waals surface area contributed by atoms with Gasteiger partial charge in [-0.3, -0.25) is 9.59 Å². The third-order valence-electron chi connectivity index (χ3n) is 6.46. The number of fused-ring (bicyclic) bond motifs is 1. The first-order valence-corrected chi connectivity index (χ1v) is 14.0. The van der Waals surface area contributed by atoms with Crippen molar-refractivity contribution in [2.24, 2.45) is 5.10 Å². The Morgan fingerprint density at radius 2 is 1.44 bits per heavy atom. The zero-order valence-electron chi connectivity index (χ0n) is 22.8. The number of carbonyl (C=O) groups is 3. The van der Waals surface area contributed by atoms with E-state index in [2.05, 4.69) is 22.8 Å².